The summed E-state index contributed by atoms with van der Waals surface area (Å²) in [5.41, 5.74) is 5.65. The standard InChI is InChI=1S/C25H19N5O2/c26-15-21-23(19-9-5-2-6-10-19)28-25(29-24(21)32)30-27-16-20-14-18(11-12-22(20)31)13-17-7-3-1-4-8-17/h1-12,14,16,31H,13H2,(H2,28,29,30,32). The van der Waals surface area contributed by atoms with Gasteiger partial charge in [-0.3, -0.25) is 9.78 Å². The fourth-order valence-electron chi connectivity index (χ4n) is 3.25. The highest BCUT2D eigenvalue weighted by atomic mass is 16.3. The maximum Gasteiger partial charge on any atom is 0.270 e. The lowest BCUT2D eigenvalue weighted by Crippen LogP contribution is -2.16. The topological polar surface area (TPSA) is 114 Å². The van der Waals surface area contributed by atoms with Gasteiger partial charge in [0.15, 0.2) is 0 Å². The molecule has 0 aliphatic heterocycles. The Bertz CT molecular complexity index is 1360. The van der Waals surface area contributed by atoms with Crippen molar-refractivity contribution < 1.29 is 5.11 Å². The number of benzene rings is 3. The van der Waals surface area contributed by atoms with Gasteiger partial charge in [0.2, 0.25) is 5.95 Å². The maximum absolute atomic E-state index is 12.3. The van der Waals surface area contributed by atoms with E-state index >= 15 is 0 Å². The van der Waals surface area contributed by atoms with Gasteiger partial charge in [-0.25, -0.2) is 10.4 Å². The number of rotatable bonds is 6. The molecule has 0 bridgehead atoms. The number of nitrogens with zero attached hydrogens (tertiary/aromatic N) is 3. The molecule has 0 saturated heterocycles. The Labute approximate surface area is 184 Å². The average Bonchev–Trinajstić information content (AvgIpc) is 2.82. The molecule has 7 heteroatoms. The van der Waals surface area contributed by atoms with Crippen molar-refractivity contribution in [1.29, 1.82) is 5.26 Å². The van der Waals surface area contributed by atoms with Crippen molar-refractivity contribution in [2.45, 2.75) is 6.42 Å². The lowest BCUT2D eigenvalue weighted by molar-refractivity contribution is 0.474. The van der Waals surface area contributed by atoms with Crippen LogP contribution in [0.2, 0.25) is 0 Å². The van der Waals surface area contributed by atoms with Crippen LogP contribution in [0, 0.1) is 11.3 Å². The molecule has 0 amide bonds. The lowest BCUT2D eigenvalue weighted by Gasteiger charge is -2.07. The Balaban J connectivity index is 1.57. The number of hydrazone groups is 1. The molecule has 0 saturated carbocycles. The van der Waals surface area contributed by atoms with Gasteiger partial charge >= 0.3 is 0 Å². The van der Waals surface area contributed by atoms with Gasteiger partial charge in [-0.15, -0.1) is 0 Å². The maximum atomic E-state index is 12.3. The first kappa shape index (κ1) is 20.6. The highest BCUT2D eigenvalue weighted by Gasteiger charge is 2.12. The van der Waals surface area contributed by atoms with E-state index in [0.717, 1.165) is 17.5 Å². The molecule has 3 aromatic carbocycles. The Morgan fingerprint density at radius 3 is 2.47 bits per heavy atom. The van der Waals surface area contributed by atoms with Gasteiger partial charge in [-0.1, -0.05) is 66.7 Å². The molecule has 4 aromatic rings. The molecule has 0 aliphatic carbocycles. The van der Waals surface area contributed by atoms with Gasteiger partial charge in [0.05, 0.1) is 11.9 Å². The molecular formula is C25H19N5O2. The van der Waals surface area contributed by atoms with Crippen LogP contribution in [0.1, 0.15) is 22.3 Å². The molecule has 156 valence electrons. The van der Waals surface area contributed by atoms with Crippen LogP contribution in [-0.2, 0) is 6.42 Å². The van der Waals surface area contributed by atoms with Crippen molar-refractivity contribution in [3.8, 4) is 23.1 Å². The van der Waals surface area contributed by atoms with Gasteiger partial charge in [-0.05, 0) is 29.7 Å². The number of phenolic OH excluding ortho intramolecular Hbond substituents is 1. The Hall–Kier alpha value is -4.70. The summed E-state index contributed by atoms with van der Waals surface area (Å²) in [4.78, 5) is 19.2. The Kier molecular flexibility index (Phi) is 6.05. The van der Waals surface area contributed by atoms with Crippen molar-refractivity contribution in [1.82, 2.24) is 9.97 Å². The summed E-state index contributed by atoms with van der Waals surface area (Å²) in [7, 11) is 0. The van der Waals surface area contributed by atoms with E-state index in [-0.39, 0.29) is 23.0 Å². The normalized spacial score (nSPS) is 10.7. The number of aromatic amines is 1. The minimum absolute atomic E-state index is 0.0722. The van der Waals surface area contributed by atoms with E-state index in [0.29, 0.717) is 11.1 Å². The van der Waals surface area contributed by atoms with Gasteiger partial charge < -0.3 is 5.11 Å². The first-order valence-electron chi connectivity index (χ1n) is 9.89. The van der Waals surface area contributed by atoms with Crippen molar-refractivity contribution in [3.63, 3.8) is 0 Å². The molecule has 7 nitrogen and oxygen atoms in total. The van der Waals surface area contributed by atoms with Gasteiger partial charge in [-0.2, -0.15) is 10.4 Å². The van der Waals surface area contributed by atoms with E-state index in [4.69, 9.17) is 0 Å². The average molecular weight is 421 g/mol. The second-order valence-corrected chi connectivity index (χ2v) is 7.04. The van der Waals surface area contributed by atoms with E-state index in [2.05, 4.69) is 20.5 Å². The smallest absolute Gasteiger partial charge is 0.270 e. The SMILES string of the molecule is N#Cc1c(-c2ccccc2)nc(NN=Cc2cc(Cc3ccccc3)ccc2O)[nH]c1=O. The molecule has 0 aliphatic rings. The molecule has 32 heavy (non-hydrogen) atoms. The van der Waals surface area contributed by atoms with E-state index in [1.54, 1.807) is 30.3 Å². The number of nitriles is 1. The number of nitrogens with one attached hydrogen (secondary N) is 2. The number of hydrogen-bond donors (Lipinski definition) is 3. The minimum atomic E-state index is -0.563. The second kappa shape index (κ2) is 9.41. The third kappa shape index (κ3) is 4.71. The van der Waals surface area contributed by atoms with Crippen molar-refractivity contribution in [2.24, 2.45) is 5.10 Å². The van der Waals surface area contributed by atoms with E-state index < -0.39 is 5.56 Å². The summed E-state index contributed by atoms with van der Waals surface area (Å²) in [5.74, 6) is 0.169. The fraction of sp³-hybridized carbons (Fsp3) is 0.0400. The summed E-state index contributed by atoms with van der Waals surface area (Å²) in [6, 6.07) is 26.2. The largest absolute Gasteiger partial charge is 0.507 e. The molecule has 0 fully saturated rings. The van der Waals surface area contributed by atoms with Crippen molar-refractivity contribution >= 4 is 12.2 Å². The Morgan fingerprint density at radius 1 is 1.03 bits per heavy atom. The minimum Gasteiger partial charge on any atom is -0.507 e. The van der Waals surface area contributed by atoms with Crippen molar-refractivity contribution in [2.75, 3.05) is 5.43 Å². The van der Waals surface area contributed by atoms with Gasteiger partial charge in [0, 0.05) is 11.1 Å². The first-order valence-corrected chi connectivity index (χ1v) is 9.89. The van der Waals surface area contributed by atoms with Crippen LogP contribution in [0.3, 0.4) is 0 Å². The summed E-state index contributed by atoms with van der Waals surface area (Å²) in [5, 5.41) is 23.6. The number of aromatic nitrogens is 2. The zero-order valence-corrected chi connectivity index (χ0v) is 17.0. The Morgan fingerprint density at radius 2 is 1.75 bits per heavy atom. The molecule has 0 atom stereocenters. The second-order valence-electron chi connectivity index (χ2n) is 7.04. The van der Waals surface area contributed by atoms with E-state index in [1.807, 2.05) is 54.6 Å². The van der Waals surface area contributed by atoms with Crippen LogP contribution in [0.4, 0.5) is 5.95 Å². The quantitative estimate of drug-likeness (QED) is 0.321. The number of H-pyrrole nitrogens is 1. The van der Waals surface area contributed by atoms with Gasteiger partial charge in [0.1, 0.15) is 17.4 Å². The predicted octanol–water partition coefficient (Wildman–Crippen LogP) is 4.05. The molecular weight excluding hydrogens is 402 g/mol. The molecule has 0 spiro atoms. The summed E-state index contributed by atoms with van der Waals surface area (Å²) in [6.07, 6.45) is 2.17. The van der Waals surface area contributed by atoms with Crippen LogP contribution in [0.5, 0.6) is 5.75 Å². The number of phenols is 1. The third-order valence-corrected chi connectivity index (χ3v) is 4.80. The van der Waals surface area contributed by atoms with E-state index in [1.165, 1.54) is 6.21 Å². The fourth-order valence-corrected chi connectivity index (χ4v) is 3.25. The predicted molar refractivity (Wildman–Crippen MR) is 124 cm³/mol. The monoisotopic (exact) mass is 421 g/mol. The summed E-state index contributed by atoms with van der Waals surface area (Å²) >= 11 is 0. The van der Waals surface area contributed by atoms with Gasteiger partial charge in [0.25, 0.3) is 5.56 Å². The van der Waals surface area contributed by atoms with Crippen LogP contribution in [-0.4, -0.2) is 21.3 Å². The van der Waals surface area contributed by atoms with Crippen molar-refractivity contribution in [3.05, 3.63) is 111 Å². The van der Waals surface area contributed by atoms with E-state index in [9.17, 15) is 15.2 Å². The lowest BCUT2D eigenvalue weighted by atomic mass is 10.0. The number of aromatic hydroxyl groups is 1. The summed E-state index contributed by atoms with van der Waals surface area (Å²) in [6.45, 7) is 0. The molecule has 0 unspecified atom stereocenters. The number of anilines is 1. The van der Waals surface area contributed by atoms with Crippen LogP contribution >= 0.6 is 0 Å². The highest BCUT2D eigenvalue weighted by Crippen LogP contribution is 2.20. The molecule has 4 rings (SSSR count). The number of hydrogen-bond acceptors (Lipinski definition) is 6. The van der Waals surface area contributed by atoms with Crippen LogP contribution in [0.25, 0.3) is 11.3 Å². The molecule has 0 radical (unpaired) electrons. The molecule has 1 heterocycles. The zero-order chi connectivity index (χ0) is 22.3. The molecule has 1 aromatic heterocycles. The van der Waals surface area contributed by atoms with Crippen LogP contribution < -0.4 is 11.0 Å². The van der Waals surface area contributed by atoms with Crippen LogP contribution in [0.15, 0.2) is 88.8 Å². The first-order chi connectivity index (χ1) is 15.6. The highest BCUT2D eigenvalue weighted by molar-refractivity contribution is 5.84. The molecule has 3 N–H and O–H groups in total. The zero-order valence-electron chi connectivity index (χ0n) is 17.0. The summed E-state index contributed by atoms with van der Waals surface area (Å²) < 4.78 is 0. The third-order valence-electron chi connectivity index (χ3n) is 4.80.